The first-order chi connectivity index (χ1) is 13.8. The second kappa shape index (κ2) is 8.84. The zero-order valence-corrected chi connectivity index (χ0v) is 16.2. The van der Waals surface area contributed by atoms with E-state index in [1.165, 1.54) is 47.2 Å². The van der Waals surface area contributed by atoms with E-state index in [2.05, 4.69) is 40.6 Å². The van der Waals surface area contributed by atoms with Crippen LogP contribution in [-0.4, -0.2) is 16.5 Å². The number of unbranched alkanes of at least 4 members (excludes halogenated alkanes) is 2. The molecule has 1 aliphatic rings. The molecule has 4 heteroatoms. The normalized spacial score (nSPS) is 13.1. The quantitative estimate of drug-likeness (QED) is 0.580. The summed E-state index contributed by atoms with van der Waals surface area (Å²) < 4.78 is 0. The van der Waals surface area contributed by atoms with E-state index in [-0.39, 0.29) is 0 Å². The summed E-state index contributed by atoms with van der Waals surface area (Å²) in [5.41, 5.74) is 6.86. The maximum atomic E-state index is 8.95. The van der Waals surface area contributed by atoms with Crippen molar-refractivity contribution in [2.24, 2.45) is 0 Å². The van der Waals surface area contributed by atoms with E-state index < -0.39 is 0 Å². The molecule has 0 aliphatic heterocycles. The number of hydrogen-bond donors (Lipinski definition) is 1. The van der Waals surface area contributed by atoms with E-state index >= 15 is 0 Å². The Morgan fingerprint density at radius 1 is 1.04 bits per heavy atom. The fourth-order valence-corrected chi connectivity index (χ4v) is 4.11. The van der Waals surface area contributed by atoms with Gasteiger partial charge in [-0.05, 0) is 74.3 Å². The number of fused-ring (bicyclic) bond motifs is 2. The number of benzene rings is 1. The summed E-state index contributed by atoms with van der Waals surface area (Å²) in [6.07, 6.45) is 10.9. The Morgan fingerprint density at radius 3 is 2.86 bits per heavy atom. The van der Waals surface area contributed by atoms with Crippen molar-refractivity contribution >= 4 is 16.6 Å². The average molecular weight is 371 g/mol. The number of hydrogen-bond acceptors (Lipinski definition) is 4. The standard InChI is InChI=1S/C24H26N4/c25-17-19-16-18(13-15-26-19)8-2-1-7-14-27-24-20-9-3-5-11-22(20)28-23-12-6-4-10-21(23)24/h3,5,9,11,13,15-16H,1-2,4,6-8,10,12,14H2,(H,27,28). The molecule has 142 valence electrons. The largest absolute Gasteiger partial charge is 0.384 e. The third kappa shape index (κ3) is 4.14. The van der Waals surface area contributed by atoms with Gasteiger partial charge in [0.25, 0.3) is 0 Å². The van der Waals surface area contributed by atoms with Crippen LogP contribution < -0.4 is 5.32 Å². The van der Waals surface area contributed by atoms with Gasteiger partial charge in [-0.25, -0.2) is 4.98 Å². The zero-order chi connectivity index (χ0) is 19.2. The van der Waals surface area contributed by atoms with Gasteiger partial charge in [0, 0.05) is 29.5 Å². The summed E-state index contributed by atoms with van der Waals surface area (Å²) in [6, 6.07) is 14.5. The molecule has 0 saturated heterocycles. The molecule has 1 aromatic carbocycles. The fraction of sp³-hybridized carbons (Fsp3) is 0.375. The Labute approximate surface area is 166 Å². The smallest absolute Gasteiger partial charge is 0.140 e. The Balaban J connectivity index is 1.35. The van der Waals surface area contributed by atoms with E-state index in [1.807, 2.05) is 12.1 Å². The third-order valence-electron chi connectivity index (χ3n) is 5.55. The number of nitriles is 1. The molecule has 0 spiro atoms. The predicted octanol–water partition coefficient (Wildman–Crippen LogP) is 5.21. The van der Waals surface area contributed by atoms with Crippen molar-refractivity contribution in [3.05, 3.63) is 65.1 Å². The van der Waals surface area contributed by atoms with E-state index in [0.29, 0.717) is 5.69 Å². The second-order valence-electron chi connectivity index (χ2n) is 7.53. The SMILES string of the molecule is N#Cc1cc(CCCCCNc2c3c(nc4ccccc24)CCCC3)ccn1. The lowest BCUT2D eigenvalue weighted by Gasteiger charge is -2.21. The minimum atomic E-state index is 0.508. The van der Waals surface area contributed by atoms with Gasteiger partial charge in [0.15, 0.2) is 0 Å². The van der Waals surface area contributed by atoms with Gasteiger partial charge in [0.1, 0.15) is 11.8 Å². The van der Waals surface area contributed by atoms with Crippen molar-refractivity contribution in [3.63, 3.8) is 0 Å². The molecule has 3 aromatic rings. The van der Waals surface area contributed by atoms with Crippen LogP contribution in [0, 0.1) is 11.3 Å². The van der Waals surface area contributed by atoms with E-state index in [1.54, 1.807) is 6.20 Å². The van der Waals surface area contributed by atoms with Crippen molar-refractivity contribution in [1.82, 2.24) is 9.97 Å². The molecule has 2 heterocycles. The van der Waals surface area contributed by atoms with Crippen LogP contribution in [0.3, 0.4) is 0 Å². The van der Waals surface area contributed by atoms with Gasteiger partial charge in [-0.15, -0.1) is 0 Å². The number of nitrogens with one attached hydrogen (secondary N) is 1. The number of rotatable bonds is 7. The summed E-state index contributed by atoms with van der Waals surface area (Å²) in [5, 5.41) is 13.9. The van der Waals surface area contributed by atoms with Gasteiger partial charge >= 0.3 is 0 Å². The van der Waals surface area contributed by atoms with Crippen LogP contribution in [0.25, 0.3) is 10.9 Å². The zero-order valence-electron chi connectivity index (χ0n) is 16.2. The Bertz CT molecular complexity index is 1000. The molecule has 0 saturated carbocycles. The lowest BCUT2D eigenvalue weighted by Crippen LogP contribution is -2.12. The molecule has 0 fully saturated rings. The minimum absolute atomic E-state index is 0.508. The third-order valence-corrected chi connectivity index (χ3v) is 5.55. The molecule has 1 N–H and O–H groups in total. The second-order valence-corrected chi connectivity index (χ2v) is 7.53. The van der Waals surface area contributed by atoms with Crippen LogP contribution >= 0.6 is 0 Å². The van der Waals surface area contributed by atoms with Gasteiger partial charge in [-0.1, -0.05) is 24.6 Å². The average Bonchev–Trinajstić information content (AvgIpc) is 2.75. The Hall–Kier alpha value is -2.93. The topological polar surface area (TPSA) is 61.6 Å². The monoisotopic (exact) mass is 370 g/mol. The van der Waals surface area contributed by atoms with E-state index in [9.17, 15) is 0 Å². The highest BCUT2D eigenvalue weighted by atomic mass is 14.9. The molecule has 28 heavy (non-hydrogen) atoms. The molecule has 2 aromatic heterocycles. The lowest BCUT2D eigenvalue weighted by molar-refractivity contribution is 0.669. The molecule has 0 atom stereocenters. The molecule has 1 aliphatic carbocycles. The highest BCUT2D eigenvalue weighted by molar-refractivity contribution is 5.93. The summed E-state index contributed by atoms with van der Waals surface area (Å²) >= 11 is 0. The number of aromatic nitrogens is 2. The molecule has 0 amide bonds. The van der Waals surface area contributed by atoms with Crippen LogP contribution in [0.2, 0.25) is 0 Å². The highest BCUT2D eigenvalue weighted by Gasteiger charge is 2.17. The van der Waals surface area contributed by atoms with E-state index in [0.717, 1.165) is 44.2 Å². The van der Waals surface area contributed by atoms with Crippen molar-refractivity contribution in [1.29, 1.82) is 5.26 Å². The summed E-state index contributed by atoms with van der Waals surface area (Å²) in [5.74, 6) is 0. The summed E-state index contributed by atoms with van der Waals surface area (Å²) in [6.45, 7) is 0.986. The number of aryl methyl sites for hydroxylation is 2. The maximum absolute atomic E-state index is 8.95. The number of anilines is 1. The maximum Gasteiger partial charge on any atom is 0.140 e. The first-order valence-electron chi connectivity index (χ1n) is 10.3. The number of nitrogens with zero attached hydrogens (tertiary/aromatic N) is 3. The van der Waals surface area contributed by atoms with Crippen LogP contribution in [0.4, 0.5) is 5.69 Å². The predicted molar refractivity (Wildman–Crippen MR) is 113 cm³/mol. The minimum Gasteiger partial charge on any atom is -0.384 e. The molecule has 0 bridgehead atoms. The fourth-order valence-electron chi connectivity index (χ4n) is 4.11. The van der Waals surface area contributed by atoms with Gasteiger partial charge < -0.3 is 5.32 Å². The first-order valence-corrected chi connectivity index (χ1v) is 10.3. The number of pyridine rings is 2. The first kappa shape index (κ1) is 18.4. The summed E-state index contributed by atoms with van der Waals surface area (Å²) in [4.78, 5) is 8.95. The van der Waals surface area contributed by atoms with Crippen LogP contribution in [0.15, 0.2) is 42.6 Å². The molecular formula is C24H26N4. The Morgan fingerprint density at radius 2 is 1.93 bits per heavy atom. The molecule has 0 radical (unpaired) electrons. The van der Waals surface area contributed by atoms with Crippen molar-refractivity contribution in [3.8, 4) is 6.07 Å². The van der Waals surface area contributed by atoms with Crippen LogP contribution in [0.5, 0.6) is 0 Å². The van der Waals surface area contributed by atoms with Crippen LogP contribution in [-0.2, 0) is 19.3 Å². The lowest BCUT2D eigenvalue weighted by atomic mass is 9.92. The molecular weight excluding hydrogens is 344 g/mol. The van der Waals surface area contributed by atoms with Gasteiger partial charge in [-0.3, -0.25) is 4.98 Å². The van der Waals surface area contributed by atoms with Crippen molar-refractivity contribution < 1.29 is 0 Å². The Kier molecular flexibility index (Phi) is 5.82. The van der Waals surface area contributed by atoms with Crippen molar-refractivity contribution in [2.75, 3.05) is 11.9 Å². The summed E-state index contributed by atoms with van der Waals surface area (Å²) in [7, 11) is 0. The van der Waals surface area contributed by atoms with Gasteiger partial charge in [0.2, 0.25) is 0 Å². The molecule has 4 nitrogen and oxygen atoms in total. The highest BCUT2D eigenvalue weighted by Crippen LogP contribution is 2.33. The molecule has 0 unspecified atom stereocenters. The van der Waals surface area contributed by atoms with Crippen molar-refractivity contribution in [2.45, 2.75) is 51.4 Å². The molecule has 4 rings (SSSR count). The van der Waals surface area contributed by atoms with Crippen LogP contribution in [0.1, 0.15) is 54.6 Å². The number of para-hydroxylation sites is 1. The van der Waals surface area contributed by atoms with Gasteiger partial charge in [-0.2, -0.15) is 5.26 Å². The van der Waals surface area contributed by atoms with Gasteiger partial charge in [0.05, 0.1) is 5.52 Å². The van der Waals surface area contributed by atoms with E-state index in [4.69, 9.17) is 10.2 Å².